The van der Waals surface area contributed by atoms with E-state index in [4.69, 9.17) is 11.6 Å². The van der Waals surface area contributed by atoms with Crippen LogP contribution in [0, 0.1) is 0 Å². The molecule has 3 aromatic carbocycles. The van der Waals surface area contributed by atoms with Gasteiger partial charge in [0.15, 0.2) is 0 Å². The molecular formula is C21H16ClF3N2O. The first-order valence-corrected chi connectivity index (χ1v) is 8.76. The van der Waals surface area contributed by atoms with E-state index < -0.39 is 23.7 Å². The van der Waals surface area contributed by atoms with Crippen molar-refractivity contribution in [1.82, 2.24) is 0 Å². The van der Waals surface area contributed by atoms with Crippen LogP contribution >= 0.6 is 11.6 Å². The second-order valence-corrected chi connectivity index (χ2v) is 6.47. The third-order valence-corrected chi connectivity index (χ3v) is 4.26. The minimum Gasteiger partial charge on any atom is -0.370 e. The number of nitrogens with one attached hydrogen (secondary N) is 2. The van der Waals surface area contributed by atoms with E-state index >= 15 is 0 Å². The van der Waals surface area contributed by atoms with E-state index in [2.05, 4.69) is 10.6 Å². The molecule has 1 unspecified atom stereocenters. The molecule has 1 amide bonds. The van der Waals surface area contributed by atoms with Crippen LogP contribution in [-0.4, -0.2) is 5.91 Å². The van der Waals surface area contributed by atoms with Gasteiger partial charge in [0.1, 0.15) is 6.04 Å². The summed E-state index contributed by atoms with van der Waals surface area (Å²) in [7, 11) is 0. The molecule has 3 rings (SSSR count). The first-order valence-electron chi connectivity index (χ1n) is 8.39. The van der Waals surface area contributed by atoms with Crippen molar-refractivity contribution in [1.29, 1.82) is 0 Å². The molecule has 0 saturated heterocycles. The van der Waals surface area contributed by atoms with Crippen LogP contribution in [0.3, 0.4) is 0 Å². The molecule has 0 aliphatic rings. The molecule has 0 aromatic heterocycles. The lowest BCUT2D eigenvalue weighted by Gasteiger charge is -2.21. The Morgan fingerprint density at radius 2 is 1.50 bits per heavy atom. The van der Waals surface area contributed by atoms with Crippen LogP contribution < -0.4 is 10.6 Å². The van der Waals surface area contributed by atoms with Crippen molar-refractivity contribution < 1.29 is 18.0 Å². The van der Waals surface area contributed by atoms with Crippen LogP contribution in [-0.2, 0) is 11.0 Å². The first kappa shape index (κ1) is 19.8. The van der Waals surface area contributed by atoms with Crippen molar-refractivity contribution in [3.05, 3.63) is 95.0 Å². The van der Waals surface area contributed by atoms with Crippen molar-refractivity contribution in [3.8, 4) is 0 Å². The Balaban J connectivity index is 1.93. The molecule has 0 spiro atoms. The number of rotatable bonds is 5. The first-order chi connectivity index (χ1) is 13.3. The third-order valence-electron chi connectivity index (χ3n) is 4.02. The maximum Gasteiger partial charge on any atom is 0.418 e. The molecule has 0 bridgehead atoms. The van der Waals surface area contributed by atoms with E-state index in [-0.39, 0.29) is 10.7 Å². The van der Waals surface area contributed by atoms with Gasteiger partial charge >= 0.3 is 6.18 Å². The van der Waals surface area contributed by atoms with Gasteiger partial charge < -0.3 is 10.6 Å². The van der Waals surface area contributed by atoms with Gasteiger partial charge in [-0.1, -0.05) is 60.1 Å². The summed E-state index contributed by atoms with van der Waals surface area (Å²) in [6.45, 7) is 0. The summed E-state index contributed by atoms with van der Waals surface area (Å²) in [5, 5.41) is 5.39. The Labute approximate surface area is 165 Å². The lowest BCUT2D eigenvalue weighted by atomic mass is 10.0. The zero-order valence-electron chi connectivity index (χ0n) is 14.5. The fourth-order valence-electron chi connectivity index (χ4n) is 2.71. The van der Waals surface area contributed by atoms with Crippen molar-refractivity contribution in [3.63, 3.8) is 0 Å². The molecule has 3 aromatic rings. The Kier molecular flexibility index (Phi) is 5.90. The number of anilines is 2. The highest BCUT2D eigenvalue weighted by molar-refractivity contribution is 6.30. The fraction of sp³-hybridized carbons (Fsp3) is 0.0952. The number of halogens is 4. The number of benzene rings is 3. The van der Waals surface area contributed by atoms with Gasteiger partial charge in [-0.3, -0.25) is 4.79 Å². The van der Waals surface area contributed by atoms with Crippen molar-refractivity contribution >= 4 is 28.9 Å². The molecule has 3 nitrogen and oxygen atoms in total. The van der Waals surface area contributed by atoms with Gasteiger partial charge in [0.25, 0.3) is 5.91 Å². The van der Waals surface area contributed by atoms with Crippen molar-refractivity contribution in [2.24, 2.45) is 0 Å². The Bertz CT molecular complexity index is 947. The lowest BCUT2D eigenvalue weighted by Crippen LogP contribution is -2.28. The monoisotopic (exact) mass is 404 g/mol. The van der Waals surface area contributed by atoms with Gasteiger partial charge in [0.2, 0.25) is 0 Å². The largest absolute Gasteiger partial charge is 0.418 e. The van der Waals surface area contributed by atoms with Gasteiger partial charge in [-0.05, 0) is 35.9 Å². The summed E-state index contributed by atoms with van der Waals surface area (Å²) >= 11 is 5.70. The molecule has 0 aliphatic carbocycles. The molecule has 0 heterocycles. The minimum atomic E-state index is -4.65. The summed E-state index contributed by atoms with van der Waals surface area (Å²) in [4.78, 5) is 12.9. The highest BCUT2D eigenvalue weighted by Gasteiger charge is 2.35. The molecule has 0 saturated carbocycles. The Morgan fingerprint density at radius 3 is 2.11 bits per heavy atom. The van der Waals surface area contributed by atoms with E-state index in [1.807, 2.05) is 6.07 Å². The van der Waals surface area contributed by atoms with Crippen LogP contribution in [0.15, 0.2) is 78.9 Å². The molecule has 0 fully saturated rings. The average molecular weight is 405 g/mol. The summed E-state index contributed by atoms with van der Waals surface area (Å²) in [5.41, 5.74) is -0.0670. The van der Waals surface area contributed by atoms with E-state index in [1.54, 1.807) is 54.6 Å². The smallest absolute Gasteiger partial charge is 0.370 e. The number of carbonyl (C=O) groups excluding carboxylic acids is 1. The number of hydrogen-bond donors (Lipinski definition) is 2. The van der Waals surface area contributed by atoms with Crippen molar-refractivity contribution in [2.75, 3.05) is 10.6 Å². The highest BCUT2D eigenvalue weighted by Crippen LogP contribution is 2.37. The molecule has 28 heavy (non-hydrogen) atoms. The van der Waals surface area contributed by atoms with Crippen LogP contribution in [0.1, 0.15) is 17.2 Å². The Morgan fingerprint density at radius 1 is 0.893 bits per heavy atom. The van der Waals surface area contributed by atoms with E-state index in [0.29, 0.717) is 11.3 Å². The zero-order chi connectivity index (χ0) is 20.1. The zero-order valence-corrected chi connectivity index (χ0v) is 15.3. The second kappa shape index (κ2) is 8.35. The SMILES string of the molecule is O=C(Nc1ccc(Cl)cc1C(F)(F)F)C(Nc1ccccc1)c1ccccc1. The van der Waals surface area contributed by atoms with E-state index in [0.717, 1.165) is 12.1 Å². The second-order valence-electron chi connectivity index (χ2n) is 6.03. The molecular weight excluding hydrogens is 389 g/mol. The normalized spacial score (nSPS) is 12.3. The van der Waals surface area contributed by atoms with Crippen LogP contribution in [0.5, 0.6) is 0 Å². The van der Waals surface area contributed by atoms with E-state index in [1.165, 1.54) is 6.07 Å². The summed E-state index contributed by atoms with van der Waals surface area (Å²) in [6.07, 6.45) is -4.65. The highest BCUT2D eigenvalue weighted by atomic mass is 35.5. The van der Waals surface area contributed by atoms with Gasteiger partial charge in [0, 0.05) is 10.7 Å². The van der Waals surface area contributed by atoms with E-state index in [9.17, 15) is 18.0 Å². The number of alkyl halides is 3. The van der Waals surface area contributed by atoms with Crippen molar-refractivity contribution in [2.45, 2.75) is 12.2 Å². The number of para-hydroxylation sites is 1. The molecule has 2 N–H and O–H groups in total. The third kappa shape index (κ3) is 4.84. The van der Waals surface area contributed by atoms with Crippen LogP contribution in [0.25, 0.3) is 0 Å². The van der Waals surface area contributed by atoms with Crippen LogP contribution in [0.4, 0.5) is 24.5 Å². The predicted molar refractivity (Wildman–Crippen MR) is 104 cm³/mol. The molecule has 7 heteroatoms. The average Bonchev–Trinajstić information content (AvgIpc) is 2.68. The minimum absolute atomic E-state index is 0.0626. The fourth-order valence-corrected chi connectivity index (χ4v) is 2.88. The number of amides is 1. The standard InChI is InChI=1S/C21H16ClF3N2O/c22-15-11-12-18(17(13-15)21(23,24)25)27-20(28)19(14-7-3-1-4-8-14)26-16-9-5-2-6-10-16/h1-13,19,26H,(H,27,28). The summed E-state index contributed by atoms with van der Waals surface area (Å²) in [6, 6.07) is 20.1. The van der Waals surface area contributed by atoms with Gasteiger partial charge in [0.05, 0.1) is 11.3 Å². The quantitative estimate of drug-likeness (QED) is 0.535. The van der Waals surface area contributed by atoms with Gasteiger partial charge in [-0.2, -0.15) is 13.2 Å². The van der Waals surface area contributed by atoms with Gasteiger partial charge in [-0.15, -0.1) is 0 Å². The molecule has 0 aliphatic heterocycles. The van der Waals surface area contributed by atoms with Crippen LogP contribution in [0.2, 0.25) is 5.02 Å². The molecule has 1 atom stereocenters. The molecule has 144 valence electrons. The lowest BCUT2D eigenvalue weighted by molar-refractivity contribution is -0.137. The summed E-state index contributed by atoms with van der Waals surface area (Å²) in [5.74, 6) is -0.622. The number of carbonyl (C=O) groups is 1. The summed E-state index contributed by atoms with van der Waals surface area (Å²) < 4.78 is 40.0. The maximum absolute atomic E-state index is 13.3. The Hall–Kier alpha value is -2.99. The topological polar surface area (TPSA) is 41.1 Å². The number of hydrogen-bond acceptors (Lipinski definition) is 2. The van der Waals surface area contributed by atoms with Gasteiger partial charge in [-0.25, -0.2) is 0 Å². The maximum atomic E-state index is 13.3. The molecule has 0 radical (unpaired) electrons. The predicted octanol–water partition coefficient (Wildman–Crippen LogP) is 6.15.